The van der Waals surface area contributed by atoms with Crippen molar-refractivity contribution >= 4 is 47.0 Å². The number of fused-ring (bicyclic) bond motifs is 2. The summed E-state index contributed by atoms with van der Waals surface area (Å²) in [7, 11) is -0.493. The van der Waals surface area contributed by atoms with Crippen molar-refractivity contribution in [1.29, 1.82) is 0 Å². The lowest BCUT2D eigenvalue weighted by molar-refractivity contribution is 0.0716. The SMILES string of the molecule is Cc1ccc(N=[P@]2(N3CCOCC3)OC(c3cccs3)=Nc3cc4c(cc32)C(C)(C)[C@H](C)N4C)cc1. The van der Waals surface area contributed by atoms with Crippen LogP contribution in [-0.2, 0) is 14.7 Å². The van der Waals surface area contributed by atoms with Crippen LogP contribution in [0.2, 0.25) is 0 Å². The molecule has 0 amide bonds. The highest BCUT2D eigenvalue weighted by molar-refractivity contribution is 7.68. The maximum Gasteiger partial charge on any atom is 0.242 e. The number of morpholine rings is 1. The number of nitrogens with zero attached hydrogens (tertiary/aromatic N) is 4. The summed E-state index contributed by atoms with van der Waals surface area (Å²) in [6.07, 6.45) is 0. The van der Waals surface area contributed by atoms with Crippen LogP contribution in [0.5, 0.6) is 0 Å². The quantitative estimate of drug-likeness (QED) is 0.365. The van der Waals surface area contributed by atoms with Gasteiger partial charge in [-0.05, 0) is 55.1 Å². The minimum atomic E-state index is -2.68. The molecule has 2 aromatic carbocycles. The summed E-state index contributed by atoms with van der Waals surface area (Å²) in [6.45, 7) is 12.0. The van der Waals surface area contributed by atoms with Crippen molar-refractivity contribution in [2.24, 2.45) is 9.74 Å². The van der Waals surface area contributed by atoms with Gasteiger partial charge >= 0.3 is 0 Å². The smallest absolute Gasteiger partial charge is 0.242 e. The fraction of sp³-hybridized carbons (Fsp3) is 0.393. The van der Waals surface area contributed by atoms with Crippen LogP contribution in [0, 0.1) is 6.92 Å². The van der Waals surface area contributed by atoms with Gasteiger partial charge in [0.25, 0.3) is 0 Å². The Morgan fingerprint density at radius 1 is 1.11 bits per heavy atom. The average Bonchev–Trinajstić information content (AvgIpc) is 3.48. The topological polar surface area (TPSA) is 49.7 Å². The second-order valence-electron chi connectivity index (χ2n) is 10.4. The minimum Gasteiger partial charge on any atom is -0.424 e. The third-order valence-electron chi connectivity index (χ3n) is 7.93. The molecule has 3 aromatic rings. The molecule has 0 saturated carbocycles. The Hall–Kier alpha value is -2.44. The number of hydrogen-bond donors (Lipinski definition) is 0. The molecular formula is C28H33N4O2PS. The van der Waals surface area contributed by atoms with Crippen LogP contribution in [-0.4, -0.2) is 50.0 Å². The van der Waals surface area contributed by atoms with Crippen LogP contribution in [0.25, 0.3) is 0 Å². The van der Waals surface area contributed by atoms with Crippen LogP contribution in [0.4, 0.5) is 17.1 Å². The summed E-state index contributed by atoms with van der Waals surface area (Å²) in [5.41, 5.74) is 5.71. The van der Waals surface area contributed by atoms with E-state index in [1.165, 1.54) is 16.8 Å². The molecule has 0 aliphatic carbocycles. The molecule has 1 aromatic heterocycles. The van der Waals surface area contributed by atoms with Crippen LogP contribution in [0.3, 0.4) is 0 Å². The van der Waals surface area contributed by atoms with Crippen molar-refractivity contribution in [2.75, 3.05) is 38.3 Å². The van der Waals surface area contributed by atoms with Crippen molar-refractivity contribution in [3.05, 3.63) is 69.9 Å². The first-order valence-corrected chi connectivity index (χ1v) is 15.0. The number of thiophene rings is 1. The summed E-state index contributed by atoms with van der Waals surface area (Å²) >= 11 is 1.65. The van der Waals surface area contributed by atoms with E-state index in [0.29, 0.717) is 25.2 Å². The number of aryl methyl sites for hydroxylation is 1. The first-order chi connectivity index (χ1) is 17.3. The van der Waals surface area contributed by atoms with Crippen molar-refractivity contribution < 1.29 is 9.26 Å². The van der Waals surface area contributed by atoms with Gasteiger partial charge in [-0.3, -0.25) is 0 Å². The van der Waals surface area contributed by atoms with Crippen molar-refractivity contribution in [3.63, 3.8) is 0 Å². The molecule has 4 heterocycles. The van der Waals surface area contributed by atoms with Gasteiger partial charge in [-0.25, -0.2) is 14.4 Å². The Bertz CT molecular complexity index is 1380. The molecule has 0 N–H and O–H groups in total. The summed E-state index contributed by atoms with van der Waals surface area (Å²) in [5.74, 6) is 0.668. The highest BCUT2D eigenvalue weighted by atomic mass is 32.1. The Morgan fingerprint density at radius 2 is 1.86 bits per heavy atom. The Balaban J connectivity index is 1.66. The first-order valence-electron chi connectivity index (χ1n) is 12.6. The average molecular weight is 521 g/mol. The lowest BCUT2D eigenvalue weighted by atomic mass is 9.81. The fourth-order valence-corrected chi connectivity index (χ4v) is 9.10. The van der Waals surface area contributed by atoms with Crippen LogP contribution < -0.4 is 10.2 Å². The normalized spacial score (nSPS) is 25.1. The molecule has 36 heavy (non-hydrogen) atoms. The van der Waals surface area contributed by atoms with Gasteiger partial charge in [0.2, 0.25) is 13.3 Å². The summed E-state index contributed by atoms with van der Waals surface area (Å²) in [5, 5.41) is 3.18. The maximum atomic E-state index is 7.06. The Labute approximate surface area is 217 Å². The third-order valence-corrected chi connectivity index (χ3v) is 11.9. The van der Waals surface area contributed by atoms with Crippen molar-refractivity contribution in [2.45, 2.75) is 39.2 Å². The number of likely N-dealkylation sites (N-methyl/N-ethyl adjacent to an activating group) is 1. The number of anilines is 1. The molecule has 0 radical (unpaired) electrons. The second kappa shape index (κ2) is 8.84. The number of rotatable bonds is 3. The zero-order chi connectivity index (χ0) is 25.1. The third kappa shape index (κ3) is 3.76. The van der Waals surface area contributed by atoms with Crippen LogP contribution in [0.1, 0.15) is 36.8 Å². The first kappa shape index (κ1) is 23.9. The molecule has 2 atom stereocenters. The molecule has 3 aliphatic heterocycles. The zero-order valence-corrected chi connectivity index (χ0v) is 23.3. The summed E-state index contributed by atoms with van der Waals surface area (Å²) in [4.78, 5) is 8.52. The number of ether oxygens (including phenoxy) is 1. The van der Waals surface area contributed by atoms with Gasteiger partial charge in [-0.15, -0.1) is 11.3 Å². The van der Waals surface area contributed by atoms with E-state index < -0.39 is 7.43 Å². The van der Waals surface area contributed by atoms with Crippen molar-refractivity contribution in [3.8, 4) is 0 Å². The predicted octanol–water partition coefficient (Wildman–Crippen LogP) is 6.60. The molecule has 0 spiro atoms. The molecule has 6 nitrogen and oxygen atoms in total. The zero-order valence-electron chi connectivity index (χ0n) is 21.6. The summed E-state index contributed by atoms with van der Waals surface area (Å²) in [6, 6.07) is 17.6. The lowest BCUT2D eigenvalue weighted by Gasteiger charge is -2.40. The van der Waals surface area contributed by atoms with Crippen molar-refractivity contribution in [1.82, 2.24) is 4.67 Å². The van der Waals surface area contributed by atoms with E-state index in [-0.39, 0.29) is 5.41 Å². The minimum absolute atomic E-state index is 0.00137. The Morgan fingerprint density at radius 3 is 2.56 bits per heavy atom. The number of aliphatic imine (C=N–C) groups is 1. The lowest BCUT2D eigenvalue weighted by Crippen LogP contribution is -2.39. The molecule has 1 saturated heterocycles. The number of benzene rings is 2. The number of hydrogen-bond acceptors (Lipinski definition) is 6. The van der Waals surface area contributed by atoms with Gasteiger partial charge < -0.3 is 14.2 Å². The molecule has 0 bridgehead atoms. The van der Waals surface area contributed by atoms with E-state index >= 15 is 0 Å². The molecular weight excluding hydrogens is 487 g/mol. The van der Waals surface area contributed by atoms with E-state index in [1.54, 1.807) is 11.3 Å². The highest BCUT2D eigenvalue weighted by Gasteiger charge is 2.46. The van der Waals surface area contributed by atoms with E-state index in [1.807, 2.05) is 6.07 Å². The highest BCUT2D eigenvalue weighted by Crippen LogP contribution is 2.61. The second-order valence-corrected chi connectivity index (χ2v) is 13.9. The molecule has 8 heteroatoms. The van der Waals surface area contributed by atoms with E-state index in [2.05, 4.69) is 92.2 Å². The maximum absolute atomic E-state index is 7.06. The molecule has 188 valence electrons. The summed E-state index contributed by atoms with van der Waals surface area (Å²) < 4.78 is 20.8. The van der Waals surface area contributed by atoms with Gasteiger partial charge in [0.05, 0.1) is 34.8 Å². The monoisotopic (exact) mass is 520 g/mol. The van der Waals surface area contributed by atoms with Gasteiger partial charge in [-0.2, -0.15) is 0 Å². The standard InChI is InChI=1S/C28H33N4O2PS/c1-19-8-10-21(11-9-19)30-35(32-12-14-33-15-13-32)25-17-22-24(31(5)20(2)28(22,3)4)18-23(25)29-27(34-35)26-7-6-16-36-26/h6-11,16-18,20H,12-15H2,1-5H3/t20-,35+/m0/s1. The van der Waals surface area contributed by atoms with Gasteiger partial charge in [0.1, 0.15) is 0 Å². The fourth-order valence-electron chi connectivity index (χ4n) is 5.35. The van der Waals surface area contributed by atoms with E-state index in [4.69, 9.17) is 19.0 Å². The van der Waals surface area contributed by atoms with Gasteiger partial charge in [0, 0.05) is 37.3 Å². The van der Waals surface area contributed by atoms with E-state index in [9.17, 15) is 0 Å². The van der Waals surface area contributed by atoms with Gasteiger partial charge in [0.15, 0.2) is 0 Å². The largest absolute Gasteiger partial charge is 0.424 e. The van der Waals surface area contributed by atoms with Gasteiger partial charge in [-0.1, -0.05) is 37.6 Å². The molecule has 6 rings (SSSR count). The van der Waals surface area contributed by atoms with Crippen LogP contribution >= 0.6 is 18.8 Å². The van der Waals surface area contributed by atoms with Crippen LogP contribution in [0.15, 0.2) is 63.6 Å². The molecule has 0 unspecified atom stereocenters. The van der Waals surface area contributed by atoms with E-state index in [0.717, 1.165) is 34.6 Å². The predicted molar refractivity (Wildman–Crippen MR) is 151 cm³/mol. The molecule has 3 aliphatic rings. The molecule has 1 fully saturated rings. The Kier molecular flexibility index (Phi) is 5.88.